The molecule has 1 amide bonds. The third-order valence-corrected chi connectivity index (χ3v) is 8.34. The van der Waals surface area contributed by atoms with E-state index in [9.17, 15) is 9.59 Å². The van der Waals surface area contributed by atoms with Crippen LogP contribution in [0.25, 0.3) is 0 Å². The van der Waals surface area contributed by atoms with Crippen molar-refractivity contribution in [3.8, 4) is 0 Å². The highest BCUT2D eigenvalue weighted by Crippen LogP contribution is 2.60. The van der Waals surface area contributed by atoms with E-state index in [2.05, 4.69) is 18.2 Å². The van der Waals surface area contributed by atoms with E-state index in [4.69, 9.17) is 17.0 Å². The molecule has 0 N–H and O–H groups in total. The van der Waals surface area contributed by atoms with Crippen LogP contribution in [0.5, 0.6) is 0 Å². The highest BCUT2D eigenvalue weighted by atomic mass is 32.2. The Morgan fingerprint density at radius 1 is 1.15 bits per heavy atom. The first kappa shape index (κ1) is 24.7. The van der Waals surface area contributed by atoms with Crippen molar-refractivity contribution in [2.75, 3.05) is 6.61 Å². The number of benzene rings is 2. The summed E-state index contributed by atoms with van der Waals surface area (Å²) >= 11 is 7.25. The Morgan fingerprint density at radius 3 is 2.44 bits per heavy atom. The maximum atomic E-state index is 14.4. The summed E-state index contributed by atoms with van der Waals surface area (Å²) in [5, 5.41) is 0. The van der Waals surface area contributed by atoms with Crippen LogP contribution in [-0.4, -0.2) is 38.0 Å². The second-order valence-corrected chi connectivity index (χ2v) is 11.9. The quantitative estimate of drug-likeness (QED) is 0.387. The molecule has 1 heterocycles. The summed E-state index contributed by atoms with van der Waals surface area (Å²) in [6, 6.07) is 18.2. The van der Waals surface area contributed by atoms with Crippen molar-refractivity contribution in [2.24, 2.45) is 5.92 Å². The van der Waals surface area contributed by atoms with Gasteiger partial charge in [-0.2, -0.15) is 0 Å². The van der Waals surface area contributed by atoms with Gasteiger partial charge in [-0.25, -0.2) is 4.79 Å². The molecule has 0 aromatic heterocycles. The molecule has 0 bridgehead atoms. The average molecular weight is 494 g/mol. The van der Waals surface area contributed by atoms with Gasteiger partial charge in [0.25, 0.3) is 0 Å². The smallest absolute Gasteiger partial charge is 0.334 e. The van der Waals surface area contributed by atoms with E-state index in [1.54, 1.807) is 11.8 Å². The summed E-state index contributed by atoms with van der Waals surface area (Å²) in [6.07, 6.45) is 2.61. The van der Waals surface area contributed by atoms with Crippen molar-refractivity contribution < 1.29 is 14.3 Å². The number of carbonyl (C=O) groups excluding carboxylic acids is 2. The van der Waals surface area contributed by atoms with Gasteiger partial charge >= 0.3 is 5.97 Å². The van der Waals surface area contributed by atoms with Crippen LogP contribution < -0.4 is 0 Å². The van der Waals surface area contributed by atoms with E-state index in [1.165, 1.54) is 11.8 Å². The number of thiocarbonyl (C=S) groups is 1. The Balaban J connectivity index is 1.93. The van der Waals surface area contributed by atoms with Crippen molar-refractivity contribution in [1.82, 2.24) is 4.90 Å². The first-order valence-corrected chi connectivity index (χ1v) is 12.9. The summed E-state index contributed by atoms with van der Waals surface area (Å²) in [5.41, 5.74) is 3.21. The molecule has 2 aromatic rings. The molecule has 3 atom stereocenters. The van der Waals surface area contributed by atoms with Gasteiger partial charge in [0.15, 0.2) is 0 Å². The van der Waals surface area contributed by atoms with Gasteiger partial charge < -0.3 is 4.74 Å². The number of hydrogen-bond donors (Lipinski definition) is 0. The van der Waals surface area contributed by atoms with Crippen LogP contribution in [-0.2, 0) is 20.7 Å². The number of allylic oxidation sites excluding steroid dienone is 1. The Labute approximate surface area is 211 Å². The molecule has 0 unspecified atom stereocenters. The Kier molecular flexibility index (Phi) is 6.76. The number of ether oxygens (including phenoxy) is 1. The summed E-state index contributed by atoms with van der Waals surface area (Å²) < 4.78 is 5.10. The first-order chi connectivity index (χ1) is 16.1. The van der Waals surface area contributed by atoms with Crippen LogP contribution in [0.2, 0.25) is 0 Å². The molecule has 2 aromatic carbocycles. The third kappa shape index (κ3) is 4.22. The Morgan fingerprint density at radius 2 is 1.85 bits per heavy atom. The number of aryl methyl sites for hydroxylation is 1. The second kappa shape index (κ2) is 9.31. The van der Waals surface area contributed by atoms with Gasteiger partial charge in [-0.15, -0.1) is 0 Å². The van der Waals surface area contributed by atoms with Crippen molar-refractivity contribution in [2.45, 2.75) is 57.2 Å². The van der Waals surface area contributed by atoms with Crippen LogP contribution in [0.3, 0.4) is 0 Å². The summed E-state index contributed by atoms with van der Waals surface area (Å²) in [5.74, 6) is -1.07. The summed E-state index contributed by atoms with van der Waals surface area (Å²) in [4.78, 5) is 29.4. The van der Waals surface area contributed by atoms with Crippen LogP contribution in [0.15, 0.2) is 66.2 Å². The van der Waals surface area contributed by atoms with Gasteiger partial charge in [0.1, 0.15) is 9.07 Å². The lowest BCUT2D eigenvalue weighted by molar-refractivity contribution is -0.138. The predicted molar refractivity (Wildman–Crippen MR) is 142 cm³/mol. The van der Waals surface area contributed by atoms with Crippen LogP contribution in [0.1, 0.15) is 50.3 Å². The number of hydrogen-bond acceptors (Lipinski definition) is 5. The molecule has 1 saturated heterocycles. The highest BCUT2D eigenvalue weighted by Gasteiger charge is 2.65. The summed E-state index contributed by atoms with van der Waals surface area (Å²) in [7, 11) is 0. The third-order valence-electron chi connectivity index (χ3n) is 6.50. The van der Waals surface area contributed by atoms with Crippen LogP contribution in [0, 0.1) is 12.8 Å². The first-order valence-electron chi connectivity index (χ1n) is 11.7. The van der Waals surface area contributed by atoms with Gasteiger partial charge in [-0.3, -0.25) is 9.69 Å². The monoisotopic (exact) mass is 493 g/mol. The van der Waals surface area contributed by atoms with Gasteiger partial charge in [-0.1, -0.05) is 90.2 Å². The lowest BCUT2D eigenvalue weighted by Crippen LogP contribution is -2.52. The Bertz CT molecular complexity index is 1150. The number of thioether (sulfide) groups is 1. The van der Waals surface area contributed by atoms with Crippen LogP contribution in [0.4, 0.5) is 0 Å². The van der Waals surface area contributed by atoms with E-state index < -0.39 is 16.2 Å². The minimum Gasteiger partial charge on any atom is -0.463 e. The SMILES string of the molecule is CCOC(=O)C1=C[C@@H](Cc2ccccc2)[C@@]2(SC(=S)N(C(C)(C)C)C2=O)[C@H]1c1cccc(C)c1. The van der Waals surface area contributed by atoms with E-state index in [0.717, 1.165) is 16.7 Å². The molecule has 34 heavy (non-hydrogen) atoms. The molecule has 1 fully saturated rings. The highest BCUT2D eigenvalue weighted by molar-refractivity contribution is 8.25. The van der Waals surface area contributed by atoms with Crippen molar-refractivity contribution >= 4 is 40.2 Å². The number of amides is 1. The molecule has 4 rings (SSSR count). The normalized spacial score (nSPS) is 24.6. The van der Waals surface area contributed by atoms with Gasteiger partial charge in [0.2, 0.25) is 5.91 Å². The zero-order valence-corrected chi connectivity index (χ0v) is 22.0. The number of rotatable bonds is 5. The van der Waals surface area contributed by atoms with Gasteiger partial charge in [0, 0.05) is 22.9 Å². The topological polar surface area (TPSA) is 46.6 Å². The maximum Gasteiger partial charge on any atom is 0.334 e. The molecule has 1 spiro atoms. The number of nitrogens with zero attached hydrogens (tertiary/aromatic N) is 1. The fraction of sp³-hybridized carbons (Fsp3) is 0.393. The van der Waals surface area contributed by atoms with Crippen molar-refractivity contribution in [1.29, 1.82) is 0 Å². The van der Waals surface area contributed by atoms with Gasteiger partial charge in [0.05, 0.1) is 6.61 Å². The van der Waals surface area contributed by atoms with E-state index >= 15 is 0 Å². The zero-order valence-electron chi connectivity index (χ0n) is 20.3. The molecular formula is C28H31NO3S2. The molecule has 0 saturated carbocycles. The zero-order chi connectivity index (χ0) is 24.7. The fourth-order valence-corrected chi connectivity index (χ4v) is 7.49. The van der Waals surface area contributed by atoms with E-state index in [-0.39, 0.29) is 24.4 Å². The lowest BCUT2D eigenvalue weighted by atomic mass is 9.77. The minimum atomic E-state index is -0.948. The largest absolute Gasteiger partial charge is 0.463 e. The molecular weight excluding hydrogens is 462 g/mol. The molecule has 1 aliphatic carbocycles. The molecule has 178 valence electrons. The van der Waals surface area contributed by atoms with E-state index in [1.807, 2.05) is 70.2 Å². The fourth-order valence-electron chi connectivity index (χ4n) is 5.12. The number of esters is 1. The molecule has 1 aliphatic heterocycles. The predicted octanol–water partition coefficient (Wildman–Crippen LogP) is 5.84. The maximum absolute atomic E-state index is 14.4. The van der Waals surface area contributed by atoms with E-state index in [0.29, 0.717) is 16.3 Å². The van der Waals surface area contributed by atoms with Crippen molar-refractivity contribution in [3.05, 3.63) is 82.9 Å². The average Bonchev–Trinajstić information content (AvgIpc) is 3.22. The molecule has 6 heteroatoms. The number of carbonyl (C=O) groups is 2. The van der Waals surface area contributed by atoms with Gasteiger partial charge in [-0.05, 0) is 52.2 Å². The van der Waals surface area contributed by atoms with Crippen molar-refractivity contribution in [3.63, 3.8) is 0 Å². The Hall–Kier alpha value is -2.44. The minimum absolute atomic E-state index is 0.0296. The molecule has 4 nitrogen and oxygen atoms in total. The summed E-state index contributed by atoms with van der Waals surface area (Å²) in [6.45, 7) is 10.1. The standard InChI is InChI=1S/C28H31NO3S2/c1-6-32-24(30)22-17-21(16-19-12-8-7-9-13-19)28(23(22)20-14-10-11-18(2)15-20)25(31)29(26(33)34-28)27(3,4)5/h7-15,17,21,23H,6,16H2,1-5H3/t21-,23+,28-/m1/s1. The lowest BCUT2D eigenvalue weighted by Gasteiger charge is -2.37. The molecule has 2 aliphatic rings. The molecule has 0 radical (unpaired) electrons. The second-order valence-electron chi connectivity index (χ2n) is 9.96. The van der Waals surface area contributed by atoms with Crippen LogP contribution >= 0.6 is 24.0 Å².